The molecule has 1 amide bonds. The predicted octanol–water partition coefficient (Wildman–Crippen LogP) is 4.78. The van der Waals surface area contributed by atoms with Crippen molar-refractivity contribution in [3.05, 3.63) is 101 Å². The number of amides is 1. The minimum Gasteiger partial charge on any atom is -0.449 e. The quantitative estimate of drug-likeness (QED) is 0.566. The smallest absolute Gasteiger partial charge is 0.407 e. The molecule has 0 saturated carbocycles. The third-order valence-corrected chi connectivity index (χ3v) is 6.31. The summed E-state index contributed by atoms with van der Waals surface area (Å²) in [5.41, 5.74) is 6.26. The summed E-state index contributed by atoms with van der Waals surface area (Å²) in [6, 6.07) is 23.7. The van der Waals surface area contributed by atoms with Gasteiger partial charge >= 0.3 is 6.09 Å². The predicted molar refractivity (Wildman–Crippen MR) is 127 cm³/mol. The van der Waals surface area contributed by atoms with Crippen molar-refractivity contribution in [2.45, 2.75) is 11.7 Å². The number of carbonyl (C=O) groups is 1. The van der Waals surface area contributed by atoms with E-state index in [1.54, 1.807) is 12.1 Å². The van der Waals surface area contributed by atoms with E-state index in [1.165, 1.54) is 28.5 Å². The van der Waals surface area contributed by atoms with E-state index >= 15 is 0 Å². The molecule has 0 atom stereocenters. The fourth-order valence-corrected chi connectivity index (χ4v) is 4.92. The number of alkyl carbamates (subject to hydrolysis) is 1. The lowest BCUT2D eigenvalue weighted by molar-refractivity contribution is 0.144. The standard InChI is InChI=1S/C26H25NO4S/c1-32(29,30)18-20-10-3-2-9-19(20)11-8-16-27-26(28)31-17-25-23-14-6-4-12-21(23)22-13-5-7-15-24(22)25/h2-15,25H,16-18H2,1H3,(H,27,28). The molecule has 5 nitrogen and oxygen atoms in total. The van der Waals surface area contributed by atoms with Gasteiger partial charge in [-0.2, -0.15) is 0 Å². The van der Waals surface area contributed by atoms with Gasteiger partial charge in [0.2, 0.25) is 0 Å². The number of hydrogen-bond donors (Lipinski definition) is 1. The fourth-order valence-electron chi connectivity index (χ4n) is 4.09. The molecule has 0 aliphatic heterocycles. The second-order valence-electron chi connectivity index (χ2n) is 7.88. The molecule has 3 aromatic carbocycles. The molecule has 3 aromatic rings. The van der Waals surface area contributed by atoms with Crippen molar-refractivity contribution in [2.24, 2.45) is 0 Å². The van der Waals surface area contributed by atoms with Crippen LogP contribution in [0.1, 0.15) is 28.2 Å². The highest BCUT2D eigenvalue weighted by atomic mass is 32.2. The first-order chi connectivity index (χ1) is 15.4. The molecule has 1 aliphatic rings. The third kappa shape index (κ3) is 5.08. The Balaban J connectivity index is 1.33. The molecule has 0 saturated heterocycles. The summed E-state index contributed by atoms with van der Waals surface area (Å²) in [5.74, 6) is -0.000551. The Morgan fingerprint density at radius 3 is 2.19 bits per heavy atom. The van der Waals surface area contributed by atoms with E-state index in [4.69, 9.17) is 4.74 Å². The van der Waals surface area contributed by atoms with Gasteiger partial charge in [0.1, 0.15) is 6.61 Å². The first kappa shape index (κ1) is 21.8. The molecule has 32 heavy (non-hydrogen) atoms. The van der Waals surface area contributed by atoms with Crippen LogP contribution in [0.4, 0.5) is 4.79 Å². The zero-order chi connectivity index (χ0) is 22.6. The summed E-state index contributed by atoms with van der Waals surface area (Å²) in [6.45, 7) is 0.546. The van der Waals surface area contributed by atoms with Crippen LogP contribution in [0.3, 0.4) is 0 Å². The van der Waals surface area contributed by atoms with E-state index in [-0.39, 0.29) is 24.8 Å². The summed E-state index contributed by atoms with van der Waals surface area (Å²) < 4.78 is 28.7. The number of carbonyl (C=O) groups excluding carboxylic acids is 1. The second-order valence-corrected chi connectivity index (χ2v) is 10.0. The Morgan fingerprint density at radius 1 is 0.938 bits per heavy atom. The maximum atomic E-state index is 12.2. The van der Waals surface area contributed by atoms with Crippen LogP contribution in [0.25, 0.3) is 17.2 Å². The van der Waals surface area contributed by atoms with Crippen LogP contribution in [0.5, 0.6) is 0 Å². The summed E-state index contributed by atoms with van der Waals surface area (Å²) in [4.78, 5) is 12.2. The van der Waals surface area contributed by atoms with E-state index in [9.17, 15) is 13.2 Å². The summed E-state index contributed by atoms with van der Waals surface area (Å²) in [5, 5.41) is 2.73. The minimum absolute atomic E-state index is 0.0200. The average molecular weight is 448 g/mol. The van der Waals surface area contributed by atoms with E-state index in [0.717, 1.165) is 11.1 Å². The molecule has 1 N–H and O–H groups in total. The lowest BCUT2D eigenvalue weighted by Crippen LogP contribution is -2.26. The second kappa shape index (κ2) is 9.40. The Kier molecular flexibility index (Phi) is 6.42. The molecule has 0 fully saturated rings. The zero-order valence-corrected chi connectivity index (χ0v) is 18.6. The van der Waals surface area contributed by atoms with E-state index < -0.39 is 15.9 Å². The lowest BCUT2D eigenvalue weighted by Gasteiger charge is -2.14. The van der Waals surface area contributed by atoms with Crippen LogP contribution in [-0.2, 0) is 20.3 Å². The topological polar surface area (TPSA) is 72.5 Å². The summed E-state index contributed by atoms with van der Waals surface area (Å²) in [7, 11) is -3.13. The maximum absolute atomic E-state index is 12.2. The van der Waals surface area contributed by atoms with Gasteiger partial charge in [-0.05, 0) is 33.4 Å². The van der Waals surface area contributed by atoms with Gasteiger partial charge in [0.15, 0.2) is 9.84 Å². The van der Waals surface area contributed by atoms with Crippen molar-refractivity contribution >= 4 is 22.0 Å². The van der Waals surface area contributed by atoms with E-state index in [1.807, 2.05) is 48.5 Å². The van der Waals surface area contributed by atoms with Crippen LogP contribution in [-0.4, -0.2) is 33.9 Å². The first-order valence-electron chi connectivity index (χ1n) is 10.4. The molecular formula is C26H25NO4S. The Labute approximate surface area is 188 Å². The van der Waals surface area contributed by atoms with Crippen LogP contribution >= 0.6 is 0 Å². The number of benzene rings is 3. The molecule has 6 heteroatoms. The highest BCUT2D eigenvalue weighted by molar-refractivity contribution is 7.89. The number of hydrogen-bond acceptors (Lipinski definition) is 4. The van der Waals surface area contributed by atoms with Crippen molar-refractivity contribution in [2.75, 3.05) is 19.4 Å². The SMILES string of the molecule is CS(=O)(=O)Cc1ccccc1C=CCNC(=O)OCC1c2ccccc2-c2ccccc21. The molecule has 0 aromatic heterocycles. The van der Waals surface area contributed by atoms with E-state index in [0.29, 0.717) is 0 Å². The summed E-state index contributed by atoms with van der Waals surface area (Å²) >= 11 is 0. The number of fused-ring (bicyclic) bond motifs is 3. The van der Waals surface area contributed by atoms with Crippen molar-refractivity contribution in [3.8, 4) is 11.1 Å². The maximum Gasteiger partial charge on any atom is 0.407 e. The zero-order valence-electron chi connectivity index (χ0n) is 17.8. The van der Waals surface area contributed by atoms with Crippen LogP contribution in [0.15, 0.2) is 78.9 Å². The Bertz CT molecular complexity index is 1220. The van der Waals surface area contributed by atoms with Gasteiger partial charge in [0, 0.05) is 18.7 Å². The highest BCUT2D eigenvalue weighted by Crippen LogP contribution is 2.44. The molecule has 0 radical (unpaired) electrons. The van der Waals surface area contributed by atoms with Gasteiger partial charge in [0.25, 0.3) is 0 Å². The van der Waals surface area contributed by atoms with Gasteiger partial charge in [-0.25, -0.2) is 13.2 Å². The third-order valence-electron chi connectivity index (χ3n) is 5.48. The molecule has 0 heterocycles. The van der Waals surface area contributed by atoms with Crippen molar-refractivity contribution in [1.82, 2.24) is 5.32 Å². The number of rotatable bonds is 7. The molecule has 0 bridgehead atoms. The Hall–Kier alpha value is -3.38. The molecule has 0 unspecified atom stereocenters. The average Bonchev–Trinajstić information content (AvgIpc) is 3.09. The van der Waals surface area contributed by atoms with Gasteiger partial charge in [-0.3, -0.25) is 0 Å². The van der Waals surface area contributed by atoms with Crippen molar-refractivity contribution in [3.63, 3.8) is 0 Å². The largest absolute Gasteiger partial charge is 0.449 e. The van der Waals surface area contributed by atoms with Gasteiger partial charge < -0.3 is 10.1 Å². The monoisotopic (exact) mass is 447 g/mol. The van der Waals surface area contributed by atoms with Gasteiger partial charge in [-0.1, -0.05) is 84.9 Å². The van der Waals surface area contributed by atoms with Crippen molar-refractivity contribution in [1.29, 1.82) is 0 Å². The number of ether oxygens (including phenoxy) is 1. The molecular weight excluding hydrogens is 422 g/mol. The number of nitrogens with one attached hydrogen (secondary N) is 1. The van der Waals surface area contributed by atoms with Crippen LogP contribution in [0, 0.1) is 0 Å². The van der Waals surface area contributed by atoms with Gasteiger partial charge in [-0.15, -0.1) is 0 Å². The van der Waals surface area contributed by atoms with Crippen molar-refractivity contribution < 1.29 is 17.9 Å². The lowest BCUT2D eigenvalue weighted by atomic mass is 9.98. The normalized spacial score (nSPS) is 13.0. The number of sulfone groups is 1. The molecule has 164 valence electrons. The van der Waals surface area contributed by atoms with Crippen LogP contribution < -0.4 is 5.32 Å². The van der Waals surface area contributed by atoms with Gasteiger partial charge in [0.05, 0.1) is 5.75 Å². The highest BCUT2D eigenvalue weighted by Gasteiger charge is 2.28. The van der Waals surface area contributed by atoms with E-state index in [2.05, 4.69) is 29.6 Å². The molecule has 0 spiro atoms. The molecule has 1 aliphatic carbocycles. The minimum atomic E-state index is -3.13. The summed E-state index contributed by atoms with van der Waals surface area (Å²) in [6.07, 6.45) is 4.32. The molecule has 4 rings (SSSR count). The Morgan fingerprint density at radius 2 is 1.53 bits per heavy atom. The van der Waals surface area contributed by atoms with Crippen LogP contribution in [0.2, 0.25) is 0 Å². The fraction of sp³-hybridized carbons (Fsp3) is 0.192. The first-order valence-corrected chi connectivity index (χ1v) is 12.5.